The average molecular weight is 354 g/mol. The molecular weight excluding hydrogens is 332 g/mol. The van der Waals surface area contributed by atoms with Gasteiger partial charge in [-0.25, -0.2) is 4.98 Å². The molecule has 0 radical (unpaired) electrons. The molecule has 2 saturated heterocycles. The molecule has 0 bridgehead atoms. The number of carbonyl (C=O) groups excluding carboxylic acids is 3. The number of likely N-dealkylation sites (tertiary alicyclic amines) is 2. The summed E-state index contributed by atoms with van der Waals surface area (Å²) in [6.45, 7) is 4.80. The number of hydrogen-bond acceptors (Lipinski definition) is 4. The summed E-state index contributed by atoms with van der Waals surface area (Å²) in [5.41, 5.74) is 4.28. The average Bonchev–Trinajstić information content (AvgIpc) is 3.26. The third-order valence-corrected chi connectivity index (χ3v) is 5.69. The van der Waals surface area contributed by atoms with Crippen molar-refractivity contribution in [2.75, 3.05) is 20.1 Å². The van der Waals surface area contributed by atoms with Gasteiger partial charge in [0.15, 0.2) is 0 Å². The van der Waals surface area contributed by atoms with E-state index in [4.69, 9.17) is 0 Å². The van der Waals surface area contributed by atoms with Crippen molar-refractivity contribution in [1.82, 2.24) is 19.8 Å². The number of benzene rings is 1. The van der Waals surface area contributed by atoms with Gasteiger partial charge in [-0.3, -0.25) is 19.3 Å². The molecule has 2 fully saturated rings. The van der Waals surface area contributed by atoms with Gasteiger partial charge in [-0.05, 0) is 37.1 Å². The van der Waals surface area contributed by atoms with E-state index in [9.17, 15) is 14.4 Å². The van der Waals surface area contributed by atoms with Crippen LogP contribution in [0.25, 0.3) is 11.0 Å². The Morgan fingerprint density at radius 2 is 1.77 bits per heavy atom. The minimum Gasteiger partial charge on any atom is -0.342 e. The van der Waals surface area contributed by atoms with Crippen molar-refractivity contribution in [2.45, 2.75) is 26.7 Å². The zero-order chi connectivity index (χ0) is 18.6. The number of amides is 3. The Balaban J connectivity index is 1.41. The molecule has 2 aromatic rings. The number of imidazole rings is 1. The number of nitrogens with zero attached hydrogens (tertiary/aromatic N) is 3. The molecule has 2 aliphatic rings. The summed E-state index contributed by atoms with van der Waals surface area (Å²) >= 11 is 0. The lowest BCUT2D eigenvalue weighted by molar-refractivity contribution is -0.139. The second-order valence-electron chi connectivity index (χ2n) is 7.38. The number of H-pyrrole nitrogens is 1. The Morgan fingerprint density at radius 3 is 2.42 bits per heavy atom. The molecule has 7 nitrogen and oxygen atoms in total. The Kier molecular flexibility index (Phi) is 3.82. The maximum atomic E-state index is 12.5. The van der Waals surface area contributed by atoms with Crippen LogP contribution in [0.4, 0.5) is 0 Å². The van der Waals surface area contributed by atoms with Crippen LogP contribution in [0.2, 0.25) is 0 Å². The van der Waals surface area contributed by atoms with Gasteiger partial charge in [0, 0.05) is 33.0 Å². The number of fused-ring (bicyclic) bond motifs is 2. The van der Waals surface area contributed by atoms with Crippen LogP contribution in [0.3, 0.4) is 0 Å². The highest BCUT2D eigenvalue weighted by molar-refractivity contribution is 6.06. The van der Waals surface area contributed by atoms with E-state index in [2.05, 4.69) is 29.9 Å². The summed E-state index contributed by atoms with van der Waals surface area (Å²) in [4.78, 5) is 47.3. The lowest BCUT2D eigenvalue weighted by Gasteiger charge is -2.18. The fourth-order valence-corrected chi connectivity index (χ4v) is 3.94. The summed E-state index contributed by atoms with van der Waals surface area (Å²) in [6, 6.07) is 4.11. The maximum absolute atomic E-state index is 12.5. The number of hydrogen-bond donors (Lipinski definition) is 1. The summed E-state index contributed by atoms with van der Waals surface area (Å²) in [5.74, 6) is -0.320. The first-order valence-corrected chi connectivity index (χ1v) is 8.90. The fourth-order valence-electron chi connectivity index (χ4n) is 3.94. The second kappa shape index (κ2) is 5.93. The first kappa shape index (κ1) is 16.8. The van der Waals surface area contributed by atoms with Crippen LogP contribution in [0.5, 0.6) is 0 Å². The lowest BCUT2D eigenvalue weighted by Crippen LogP contribution is -2.36. The lowest BCUT2D eigenvalue weighted by atomic mass is 10.00. The van der Waals surface area contributed by atoms with Gasteiger partial charge in [0.25, 0.3) is 0 Å². The fraction of sp³-hybridized carbons (Fsp3) is 0.474. The summed E-state index contributed by atoms with van der Waals surface area (Å²) in [6.07, 6.45) is 0.828. The van der Waals surface area contributed by atoms with Crippen molar-refractivity contribution in [2.24, 2.45) is 11.8 Å². The monoisotopic (exact) mass is 354 g/mol. The first-order chi connectivity index (χ1) is 12.3. The van der Waals surface area contributed by atoms with Crippen molar-refractivity contribution in [3.63, 3.8) is 0 Å². The number of aryl methyl sites for hydroxylation is 3. The Morgan fingerprint density at radius 1 is 1.15 bits per heavy atom. The normalized spacial score (nSPS) is 22.6. The molecule has 7 heteroatoms. The predicted octanol–water partition coefficient (Wildman–Crippen LogP) is 1.19. The number of aromatic amines is 1. The van der Waals surface area contributed by atoms with Gasteiger partial charge in [0.2, 0.25) is 17.7 Å². The van der Waals surface area contributed by atoms with Crippen LogP contribution in [-0.2, 0) is 20.8 Å². The Hall–Kier alpha value is -2.70. The number of aromatic nitrogens is 2. The topological polar surface area (TPSA) is 86.4 Å². The van der Waals surface area contributed by atoms with Crippen LogP contribution in [0, 0.1) is 25.7 Å². The molecule has 26 heavy (non-hydrogen) atoms. The summed E-state index contributed by atoms with van der Waals surface area (Å²) in [7, 11) is 1.51. The largest absolute Gasteiger partial charge is 0.342 e. The van der Waals surface area contributed by atoms with Crippen LogP contribution in [-0.4, -0.2) is 57.6 Å². The predicted molar refractivity (Wildman–Crippen MR) is 95.2 cm³/mol. The van der Waals surface area contributed by atoms with Gasteiger partial charge < -0.3 is 9.88 Å². The van der Waals surface area contributed by atoms with Gasteiger partial charge in [0.05, 0.1) is 22.9 Å². The minimum absolute atomic E-state index is 0.0320. The molecule has 2 atom stereocenters. The van der Waals surface area contributed by atoms with E-state index in [1.807, 2.05) is 6.07 Å². The number of carbonyl (C=O) groups is 3. The Labute approximate surface area is 151 Å². The van der Waals surface area contributed by atoms with E-state index in [0.717, 1.165) is 16.9 Å². The zero-order valence-corrected chi connectivity index (χ0v) is 15.2. The van der Waals surface area contributed by atoms with Crippen LogP contribution in [0.15, 0.2) is 12.1 Å². The van der Waals surface area contributed by atoms with Gasteiger partial charge in [-0.15, -0.1) is 0 Å². The molecule has 1 aromatic carbocycles. The van der Waals surface area contributed by atoms with Crippen molar-refractivity contribution in [1.29, 1.82) is 0 Å². The molecule has 136 valence electrons. The quantitative estimate of drug-likeness (QED) is 0.839. The SMILES string of the molecule is Cc1cc2nc(CCC(=O)N3C[C@@H]4C(=O)N(C)C(=O)[C@@H]4C3)[nH]c2cc1C. The first-order valence-electron chi connectivity index (χ1n) is 8.90. The highest BCUT2D eigenvalue weighted by Crippen LogP contribution is 2.32. The van der Waals surface area contributed by atoms with E-state index in [0.29, 0.717) is 25.9 Å². The molecule has 2 aliphatic heterocycles. The van der Waals surface area contributed by atoms with E-state index in [-0.39, 0.29) is 29.6 Å². The number of rotatable bonds is 3. The van der Waals surface area contributed by atoms with Crippen molar-refractivity contribution in [3.05, 3.63) is 29.1 Å². The van der Waals surface area contributed by atoms with Gasteiger partial charge >= 0.3 is 0 Å². The van der Waals surface area contributed by atoms with Gasteiger partial charge in [0.1, 0.15) is 5.82 Å². The molecular formula is C19H22N4O3. The zero-order valence-electron chi connectivity index (χ0n) is 15.2. The third-order valence-electron chi connectivity index (χ3n) is 5.69. The molecule has 0 unspecified atom stereocenters. The molecule has 0 aliphatic carbocycles. The van der Waals surface area contributed by atoms with E-state index < -0.39 is 0 Å². The van der Waals surface area contributed by atoms with Crippen LogP contribution >= 0.6 is 0 Å². The van der Waals surface area contributed by atoms with E-state index in [1.165, 1.54) is 23.1 Å². The van der Waals surface area contributed by atoms with E-state index >= 15 is 0 Å². The molecule has 1 aromatic heterocycles. The van der Waals surface area contributed by atoms with Crippen LogP contribution in [0.1, 0.15) is 23.4 Å². The third kappa shape index (κ3) is 2.58. The molecule has 0 spiro atoms. The molecule has 1 N–H and O–H groups in total. The smallest absolute Gasteiger partial charge is 0.234 e. The number of imide groups is 1. The second-order valence-corrected chi connectivity index (χ2v) is 7.38. The van der Waals surface area contributed by atoms with Crippen molar-refractivity contribution >= 4 is 28.8 Å². The standard InChI is InChI=1S/C19H22N4O3/c1-10-6-14-15(7-11(10)2)21-16(20-14)4-5-17(24)23-8-12-13(9-23)19(26)22(3)18(12)25/h6-7,12-13H,4-5,8-9H2,1-3H3,(H,20,21)/t12-,13+. The van der Waals surface area contributed by atoms with Crippen molar-refractivity contribution < 1.29 is 14.4 Å². The van der Waals surface area contributed by atoms with Gasteiger partial charge in [-0.2, -0.15) is 0 Å². The highest BCUT2D eigenvalue weighted by Gasteiger charge is 2.51. The van der Waals surface area contributed by atoms with E-state index in [1.54, 1.807) is 4.90 Å². The molecule has 0 saturated carbocycles. The molecule has 4 rings (SSSR count). The minimum atomic E-state index is -0.367. The van der Waals surface area contributed by atoms with Gasteiger partial charge in [-0.1, -0.05) is 0 Å². The summed E-state index contributed by atoms with van der Waals surface area (Å²) in [5, 5.41) is 0. The van der Waals surface area contributed by atoms with Crippen LogP contribution < -0.4 is 0 Å². The highest BCUT2D eigenvalue weighted by atomic mass is 16.2. The molecule has 3 amide bonds. The van der Waals surface area contributed by atoms with Crippen molar-refractivity contribution in [3.8, 4) is 0 Å². The maximum Gasteiger partial charge on any atom is 0.234 e. The number of nitrogens with one attached hydrogen (secondary N) is 1. The summed E-state index contributed by atoms with van der Waals surface area (Å²) < 4.78 is 0. The molecule has 3 heterocycles. The Bertz CT molecular complexity index is 869.